The van der Waals surface area contributed by atoms with Crippen LogP contribution < -0.4 is 0 Å². The maximum atomic E-state index is 13.5. The zero-order chi connectivity index (χ0) is 24.8. The number of aliphatic hydroxyl groups is 2. The van der Waals surface area contributed by atoms with Crippen LogP contribution in [0.3, 0.4) is 0 Å². The lowest BCUT2D eigenvalue weighted by atomic mass is 9.45. The second-order valence-corrected chi connectivity index (χ2v) is 12.4. The molecule has 2 aromatic rings. The van der Waals surface area contributed by atoms with Crippen LogP contribution in [-0.2, 0) is 11.2 Å². The number of aromatic nitrogens is 2. The van der Waals surface area contributed by atoms with Gasteiger partial charge in [-0.1, -0.05) is 42.0 Å². The van der Waals surface area contributed by atoms with Gasteiger partial charge < -0.3 is 10.2 Å². The predicted octanol–water partition coefficient (Wildman–Crippen LogP) is 4.90. The fourth-order valence-corrected chi connectivity index (χ4v) is 9.18. The monoisotopic (exact) mass is 590 g/mol. The van der Waals surface area contributed by atoms with E-state index >= 15 is 0 Å². The molecule has 186 valence electrons. The lowest BCUT2D eigenvalue weighted by molar-refractivity contribution is -0.177. The molecule has 0 aliphatic heterocycles. The summed E-state index contributed by atoms with van der Waals surface area (Å²) in [5.74, 6) is 0.230. The van der Waals surface area contributed by atoms with Crippen molar-refractivity contribution in [2.75, 3.05) is 4.43 Å². The molecule has 0 radical (unpaired) electrons. The Balaban J connectivity index is 1.37. The topological polar surface area (TPSA) is 75.3 Å². The minimum absolute atomic E-state index is 0.0833. The molecular formula is C28H32FIN2O3. The standard InChI is InChI=1S/C28H32FIN2O3/c1-26-12-16-15-31-32(19-6-4-18(29)5-7-19)22(16)11-17(26)3-8-20-21-9-10-28(35,24(34)14-30)27(21,2)13-23(33)25(20)26/h4-7,11,15,20-21,23,25,33,35H,3,8-10,12-14H2,1-2H3/t20-,21-,23-,25+,26-,27-,28-/m0/s1. The summed E-state index contributed by atoms with van der Waals surface area (Å²) >= 11 is 2.05. The molecule has 1 aromatic carbocycles. The number of halogens is 2. The van der Waals surface area contributed by atoms with Gasteiger partial charge in [-0.3, -0.25) is 4.79 Å². The molecule has 4 aliphatic rings. The van der Waals surface area contributed by atoms with Gasteiger partial charge in [0.05, 0.1) is 28.1 Å². The van der Waals surface area contributed by atoms with E-state index in [9.17, 15) is 19.4 Å². The number of hydrogen-bond acceptors (Lipinski definition) is 4. The molecular weight excluding hydrogens is 558 g/mol. The average molecular weight is 590 g/mol. The number of nitrogens with zero attached hydrogens (tertiary/aromatic N) is 2. The van der Waals surface area contributed by atoms with E-state index in [0.717, 1.165) is 42.6 Å². The van der Waals surface area contributed by atoms with Crippen LogP contribution >= 0.6 is 22.6 Å². The van der Waals surface area contributed by atoms with E-state index in [1.165, 1.54) is 17.7 Å². The molecule has 2 N–H and O–H groups in total. The number of aliphatic hydroxyl groups excluding tert-OH is 1. The number of alkyl halides is 1. The molecule has 35 heavy (non-hydrogen) atoms. The molecule has 7 heteroatoms. The number of allylic oxidation sites excluding steroid dienone is 1. The van der Waals surface area contributed by atoms with Gasteiger partial charge in [-0.2, -0.15) is 5.10 Å². The molecule has 0 unspecified atom stereocenters. The number of rotatable bonds is 3. The zero-order valence-corrected chi connectivity index (χ0v) is 22.3. The van der Waals surface area contributed by atoms with Gasteiger partial charge in [-0.05, 0) is 97.6 Å². The summed E-state index contributed by atoms with van der Waals surface area (Å²) < 4.78 is 15.6. The van der Waals surface area contributed by atoms with Crippen LogP contribution in [0.25, 0.3) is 11.8 Å². The van der Waals surface area contributed by atoms with Crippen LogP contribution in [0.5, 0.6) is 0 Å². The smallest absolute Gasteiger partial charge is 0.174 e. The molecule has 4 aliphatic carbocycles. The average Bonchev–Trinajstić information content (AvgIpc) is 3.35. The van der Waals surface area contributed by atoms with Gasteiger partial charge in [-0.25, -0.2) is 9.07 Å². The van der Waals surface area contributed by atoms with Crippen LogP contribution in [0.4, 0.5) is 4.39 Å². The van der Waals surface area contributed by atoms with E-state index in [2.05, 4.69) is 40.7 Å². The van der Waals surface area contributed by atoms with E-state index < -0.39 is 17.1 Å². The fraction of sp³-hybridized carbons (Fsp3) is 0.571. The van der Waals surface area contributed by atoms with Crippen LogP contribution in [0.1, 0.15) is 57.2 Å². The lowest BCUT2D eigenvalue weighted by Crippen LogP contribution is -2.62. The largest absolute Gasteiger partial charge is 0.393 e. The van der Waals surface area contributed by atoms with Crippen molar-refractivity contribution in [1.82, 2.24) is 9.78 Å². The summed E-state index contributed by atoms with van der Waals surface area (Å²) in [6.07, 6.45) is 8.07. The molecule has 0 bridgehead atoms. The number of hydrogen-bond donors (Lipinski definition) is 2. The Morgan fingerprint density at radius 3 is 2.71 bits per heavy atom. The van der Waals surface area contributed by atoms with Crippen molar-refractivity contribution in [3.63, 3.8) is 0 Å². The summed E-state index contributed by atoms with van der Waals surface area (Å²) in [5.41, 5.74) is 2.25. The first-order valence-electron chi connectivity index (χ1n) is 12.7. The van der Waals surface area contributed by atoms with Gasteiger partial charge in [0.25, 0.3) is 0 Å². The van der Waals surface area contributed by atoms with E-state index in [-0.39, 0.29) is 34.8 Å². The number of carbonyl (C=O) groups is 1. The van der Waals surface area contributed by atoms with E-state index in [4.69, 9.17) is 0 Å². The van der Waals surface area contributed by atoms with Crippen molar-refractivity contribution in [3.8, 4) is 5.69 Å². The number of benzene rings is 1. The summed E-state index contributed by atoms with van der Waals surface area (Å²) in [5, 5.41) is 27.9. The maximum Gasteiger partial charge on any atom is 0.174 e. The molecule has 0 saturated heterocycles. The summed E-state index contributed by atoms with van der Waals surface area (Å²) in [6.45, 7) is 4.34. The van der Waals surface area contributed by atoms with E-state index in [1.54, 1.807) is 12.1 Å². The van der Waals surface area contributed by atoms with Crippen molar-refractivity contribution in [1.29, 1.82) is 0 Å². The molecule has 5 nitrogen and oxygen atoms in total. The van der Waals surface area contributed by atoms with Gasteiger partial charge >= 0.3 is 0 Å². The molecule has 6 rings (SSSR count). The van der Waals surface area contributed by atoms with Crippen molar-refractivity contribution < 1.29 is 19.4 Å². The molecule has 0 amide bonds. The molecule has 3 saturated carbocycles. The lowest BCUT2D eigenvalue weighted by Gasteiger charge is -2.60. The third-order valence-electron chi connectivity index (χ3n) is 10.2. The molecule has 1 heterocycles. The highest BCUT2D eigenvalue weighted by Gasteiger charge is 2.68. The van der Waals surface area contributed by atoms with Gasteiger partial charge in [0.2, 0.25) is 0 Å². The highest BCUT2D eigenvalue weighted by molar-refractivity contribution is 14.1. The normalized spacial score (nSPS) is 39.8. The predicted molar refractivity (Wildman–Crippen MR) is 140 cm³/mol. The Labute approximate surface area is 218 Å². The Morgan fingerprint density at radius 1 is 1.26 bits per heavy atom. The second kappa shape index (κ2) is 7.96. The molecule has 0 spiro atoms. The Hall–Kier alpha value is -1.58. The van der Waals surface area contributed by atoms with Crippen LogP contribution in [-0.4, -0.2) is 41.9 Å². The molecule has 3 fully saturated rings. The van der Waals surface area contributed by atoms with Crippen molar-refractivity contribution in [2.24, 2.45) is 28.6 Å². The first kappa shape index (κ1) is 23.8. The number of Topliss-reactive ketones (excluding diaryl/α,β-unsaturated/α-hetero) is 1. The zero-order valence-electron chi connectivity index (χ0n) is 20.2. The van der Waals surface area contributed by atoms with E-state index in [1.807, 2.05) is 17.8 Å². The van der Waals surface area contributed by atoms with Crippen LogP contribution in [0, 0.1) is 34.4 Å². The number of fused-ring (bicyclic) bond motifs is 6. The third-order valence-corrected chi connectivity index (χ3v) is 10.9. The van der Waals surface area contributed by atoms with Gasteiger partial charge in [0.1, 0.15) is 11.4 Å². The number of carbonyl (C=O) groups excluding carboxylic acids is 1. The molecule has 7 atom stereocenters. The van der Waals surface area contributed by atoms with Gasteiger partial charge in [-0.15, -0.1) is 0 Å². The Bertz CT molecular complexity index is 1230. The summed E-state index contributed by atoms with van der Waals surface area (Å²) in [7, 11) is 0. The minimum atomic E-state index is -1.34. The summed E-state index contributed by atoms with van der Waals surface area (Å²) in [6, 6.07) is 6.40. The van der Waals surface area contributed by atoms with Crippen molar-refractivity contribution in [3.05, 3.63) is 53.1 Å². The SMILES string of the molecule is C[C@]12Cc3cnn(-c4ccc(F)cc4)c3C=C1CC[C@@H]1[C@@H]2[C@@H](O)C[C@@]2(C)[C@H]1CC[C@]2(O)C(=O)CI. The van der Waals surface area contributed by atoms with Gasteiger partial charge in [0.15, 0.2) is 5.78 Å². The maximum absolute atomic E-state index is 13.5. The van der Waals surface area contributed by atoms with Gasteiger partial charge in [0, 0.05) is 5.41 Å². The first-order chi connectivity index (χ1) is 16.6. The quantitative estimate of drug-likeness (QED) is 0.394. The second-order valence-electron chi connectivity index (χ2n) is 11.7. The Morgan fingerprint density at radius 2 is 2.00 bits per heavy atom. The van der Waals surface area contributed by atoms with Crippen LogP contribution in [0.2, 0.25) is 0 Å². The third kappa shape index (κ3) is 3.16. The Kier molecular flexibility index (Phi) is 5.41. The minimum Gasteiger partial charge on any atom is -0.393 e. The fourth-order valence-electron chi connectivity index (χ4n) is 8.55. The highest BCUT2D eigenvalue weighted by atomic mass is 127. The van der Waals surface area contributed by atoms with Crippen molar-refractivity contribution in [2.45, 2.75) is 64.1 Å². The first-order valence-corrected chi connectivity index (χ1v) is 14.2. The highest BCUT2D eigenvalue weighted by Crippen LogP contribution is 2.67. The van der Waals surface area contributed by atoms with E-state index in [0.29, 0.717) is 17.3 Å². The van der Waals surface area contributed by atoms with Crippen LogP contribution in [0.15, 0.2) is 36.0 Å². The molecule has 1 aromatic heterocycles. The summed E-state index contributed by atoms with van der Waals surface area (Å²) in [4.78, 5) is 12.9. The number of ketones is 1. The van der Waals surface area contributed by atoms with Crippen molar-refractivity contribution >= 4 is 34.5 Å².